The first-order valence-corrected chi connectivity index (χ1v) is 5.92. The third-order valence-electron chi connectivity index (χ3n) is 1.64. The second-order valence-electron chi connectivity index (χ2n) is 2.64. The molecular formula is C10H11BrO2S. The first-order chi connectivity index (χ1) is 6.77. The van der Waals surface area contributed by atoms with Gasteiger partial charge in [-0.15, -0.1) is 11.8 Å². The number of methoxy groups -OCH3 is 1. The smallest absolute Gasteiger partial charge is 0.151 e. The Kier molecular flexibility index (Phi) is 5.22. The quantitative estimate of drug-likeness (QED) is 0.469. The Morgan fingerprint density at radius 3 is 3.00 bits per heavy atom. The highest BCUT2D eigenvalue weighted by molar-refractivity contribution is 9.10. The van der Waals surface area contributed by atoms with Crippen molar-refractivity contribution in [2.24, 2.45) is 0 Å². The zero-order valence-corrected chi connectivity index (χ0v) is 10.2. The van der Waals surface area contributed by atoms with E-state index in [4.69, 9.17) is 4.74 Å². The summed E-state index contributed by atoms with van der Waals surface area (Å²) < 4.78 is 5.87. The Bertz CT molecular complexity index is 315. The number of hydrogen-bond acceptors (Lipinski definition) is 3. The third-order valence-corrected chi connectivity index (χ3v) is 3.19. The average molecular weight is 275 g/mol. The molecule has 0 aliphatic rings. The van der Waals surface area contributed by atoms with Gasteiger partial charge in [-0.1, -0.05) is 15.9 Å². The van der Waals surface area contributed by atoms with Gasteiger partial charge in [0.15, 0.2) is 6.29 Å². The van der Waals surface area contributed by atoms with Crippen LogP contribution in [-0.2, 0) is 4.74 Å². The monoisotopic (exact) mass is 274 g/mol. The van der Waals surface area contributed by atoms with Gasteiger partial charge in [-0.3, -0.25) is 4.79 Å². The summed E-state index contributed by atoms with van der Waals surface area (Å²) in [6.07, 6.45) is 0.875. The van der Waals surface area contributed by atoms with Gasteiger partial charge < -0.3 is 4.74 Å². The van der Waals surface area contributed by atoms with Crippen LogP contribution in [0.5, 0.6) is 0 Å². The molecule has 0 fully saturated rings. The zero-order chi connectivity index (χ0) is 10.4. The third kappa shape index (κ3) is 3.44. The summed E-state index contributed by atoms with van der Waals surface area (Å²) >= 11 is 4.95. The van der Waals surface area contributed by atoms with Crippen LogP contribution in [0.4, 0.5) is 0 Å². The summed E-state index contributed by atoms with van der Waals surface area (Å²) in [5.74, 6) is 0.860. The number of carbonyl (C=O) groups is 1. The molecule has 1 aromatic rings. The fourth-order valence-corrected chi connectivity index (χ4v) is 2.26. The minimum atomic E-state index is 0.693. The fraction of sp³-hybridized carbons (Fsp3) is 0.300. The number of rotatable bonds is 5. The summed E-state index contributed by atoms with van der Waals surface area (Å²) in [5.41, 5.74) is 0.723. The van der Waals surface area contributed by atoms with Crippen LogP contribution in [0, 0.1) is 0 Å². The normalized spacial score (nSPS) is 10.1. The van der Waals surface area contributed by atoms with E-state index in [1.807, 2.05) is 18.2 Å². The van der Waals surface area contributed by atoms with E-state index in [0.717, 1.165) is 27.0 Å². The Morgan fingerprint density at radius 2 is 2.36 bits per heavy atom. The molecule has 0 aliphatic heterocycles. The van der Waals surface area contributed by atoms with Crippen LogP contribution in [0.3, 0.4) is 0 Å². The van der Waals surface area contributed by atoms with Crippen LogP contribution in [0.2, 0.25) is 0 Å². The summed E-state index contributed by atoms with van der Waals surface area (Å²) in [6.45, 7) is 0.693. The molecule has 2 nitrogen and oxygen atoms in total. The second kappa shape index (κ2) is 6.22. The van der Waals surface area contributed by atoms with Gasteiger partial charge >= 0.3 is 0 Å². The van der Waals surface area contributed by atoms with E-state index in [2.05, 4.69) is 15.9 Å². The van der Waals surface area contributed by atoms with E-state index in [-0.39, 0.29) is 0 Å². The molecule has 0 unspecified atom stereocenters. The SMILES string of the molecule is COCCSc1ccc(Br)cc1C=O. The maximum atomic E-state index is 10.7. The minimum Gasteiger partial charge on any atom is -0.384 e. The number of halogens is 1. The van der Waals surface area contributed by atoms with Crippen molar-refractivity contribution in [2.75, 3.05) is 19.5 Å². The first kappa shape index (κ1) is 11.8. The summed E-state index contributed by atoms with van der Waals surface area (Å²) in [6, 6.07) is 5.69. The number of carbonyl (C=O) groups excluding carboxylic acids is 1. The standard InChI is InChI=1S/C10H11BrO2S/c1-13-4-5-14-10-3-2-9(11)6-8(10)7-12/h2-3,6-7H,4-5H2,1H3. The largest absolute Gasteiger partial charge is 0.384 e. The van der Waals surface area contributed by atoms with Crippen LogP contribution in [-0.4, -0.2) is 25.8 Å². The number of benzene rings is 1. The number of thioether (sulfide) groups is 1. The molecule has 0 heterocycles. The van der Waals surface area contributed by atoms with E-state index in [0.29, 0.717) is 6.61 Å². The molecule has 0 atom stereocenters. The second-order valence-corrected chi connectivity index (χ2v) is 4.69. The van der Waals surface area contributed by atoms with Gasteiger partial charge in [0.2, 0.25) is 0 Å². The highest BCUT2D eigenvalue weighted by Gasteiger charge is 2.02. The predicted molar refractivity (Wildman–Crippen MR) is 62.1 cm³/mol. The topological polar surface area (TPSA) is 26.3 Å². The van der Waals surface area contributed by atoms with Crippen LogP contribution in [0.1, 0.15) is 10.4 Å². The molecule has 0 N–H and O–H groups in total. The average Bonchev–Trinajstić information content (AvgIpc) is 2.20. The Hall–Kier alpha value is -0.320. The molecule has 14 heavy (non-hydrogen) atoms. The molecule has 0 radical (unpaired) electrons. The maximum absolute atomic E-state index is 10.7. The molecule has 1 rings (SSSR count). The van der Waals surface area contributed by atoms with Crippen LogP contribution >= 0.6 is 27.7 Å². The van der Waals surface area contributed by atoms with E-state index in [9.17, 15) is 4.79 Å². The van der Waals surface area contributed by atoms with Crippen LogP contribution < -0.4 is 0 Å². The lowest BCUT2D eigenvalue weighted by Crippen LogP contribution is -1.93. The number of ether oxygens (including phenoxy) is 1. The van der Waals surface area contributed by atoms with E-state index >= 15 is 0 Å². The zero-order valence-electron chi connectivity index (χ0n) is 7.83. The van der Waals surface area contributed by atoms with Gasteiger partial charge in [-0.05, 0) is 18.2 Å². The van der Waals surface area contributed by atoms with Gasteiger partial charge in [-0.25, -0.2) is 0 Å². The van der Waals surface area contributed by atoms with E-state index < -0.39 is 0 Å². The highest BCUT2D eigenvalue weighted by Crippen LogP contribution is 2.24. The molecule has 0 saturated carbocycles. The van der Waals surface area contributed by atoms with Crippen LogP contribution in [0.25, 0.3) is 0 Å². The predicted octanol–water partition coefficient (Wildman–Crippen LogP) is 3.00. The fourth-order valence-electron chi connectivity index (χ4n) is 0.978. The Morgan fingerprint density at radius 1 is 1.57 bits per heavy atom. The molecule has 0 bridgehead atoms. The molecule has 0 saturated heterocycles. The Labute approximate surface area is 96.2 Å². The minimum absolute atomic E-state index is 0.693. The van der Waals surface area contributed by atoms with Crippen LogP contribution in [0.15, 0.2) is 27.6 Å². The van der Waals surface area contributed by atoms with Crippen molar-refractivity contribution in [2.45, 2.75) is 4.90 Å². The molecule has 0 aromatic heterocycles. The number of hydrogen-bond donors (Lipinski definition) is 0. The van der Waals surface area contributed by atoms with Crippen molar-refractivity contribution in [1.82, 2.24) is 0 Å². The summed E-state index contributed by atoms with van der Waals surface area (Å²) in [7, 11) is 1.67. The Balaban J connectivity index is 2.70. The lowest BCUT2D eigenvalue weighted by molar-refractivity contribution is 0.112. The number of aldehydes is 1. The van der Waals surface area contributed by atoms with Gasteiger partial charge in [0.1, 0.15) is 0 Å². The molecule has 0 aliphatic carbocycles. The van der Waals surface area contributed by atoms with Crippen molar-refractivity contribution >= 4 is 34.0 Å². The van der Waals surface area contributed by atoms with E-state index in [1.165, 1.54) is 0 Å². The van der Waals surface area contributed by atoms with Crippen molar-refractivity contribution in [3.05, 3.63) is 28.2 Å². The molecule has 0 amide bonds. The lowest BCUT2D eigenvalue weighted by atomic mass is 10.2. The van der Waals surface area contributed by atoms with Crippen molar-refractivity contribution in [1.29, 1.82) is 0 Å². The maximum Gasteiger partial charge on any atom is 0.151 e. The molecule has 76 valence electrons. The van der Waals surface area contributed by atoms with E-state index in [1.54, 1.807) is 18.9 Å². The first-order valence-electron chi connectivity index (χ1n) is 4.14. The molecule has 0 spiro atoms. The lowest BCUT2D eigenvalue weighted by Gasteiger charge is -2.04. The summed E-state index contributed by atoms with van der Waals surface area (Å²) in [4.78, 5) is 11.7. The van der Waals surface area contributed by atoms with Gasteiger partial charge in [-0.2, -0.15) is 0 Å². The van der Waals surface area contributed by atoms with Crippen molar-refractivity contribution in [3.63, 3.8) is 0 Å². The summed E-state index contributed by atoms with van der Waals surface area (Å²) in [5, 5.41) is 0. The highest BCUT2D eigenvalue weighted by atomic mass is 79.9. The van der Waals surface area contributed by atoms with Gasteiger partial charge in [0.25, 0.3) is 0 Å². The van der Waals surface area contributed by atoms with Crippen molar-refractivity contribution in [3.8, 4) is 0 Å². The van der Waals surface area contributed by atoms with Gasteiger partial charge in [0, 0.05) is 27.8 Å². The molecular weight excluding hydrogens is 264 g/mol. The molecule has 1 aromatic carbocycles. The van der Waals surface area contributed by atoms with Gasteiger partial charge in [0.05, 0.1) is 6.61 Å². The molecule has 4 heteroatoms. The van der Waals surface area contributed by atoms with Crippen molar-refractivity contribution < 1.29 is 9.53 Å².